The molecule has 6 atom stereocenters. The van der Waals surface area contributed by atoms with Crippen LogP contribution < -0.4 is 91.9 Å². The number of pyridine rings is 1. The van der Waals surface area contributed by atoms with Crippen LogP contribution in [-0.2, 0) is 123 Å². The van der Waals surface area contributed by atoms with E-state index in [1.165, 1.54) is 185 Å². The molecule has 13 N–H and O–H groups in total. The van der Waals surface area contributed by atoms with Gasteiger partial charge < -0.3 is 90.1 Å². The van der Waals surface area contributed by atoms with Gasteiger partial charge in [0.1, 0.15) is 42.7 Å². The molecule has 143 heavy (non-hydrogen) atoms. The molecular formula is C94H151N13NaO30PS4. The molecule has 2 unspecified atom stereocenters. The third-order valence-corrected chi connectivity index (χ3v) is 27.1. The van der Waals surface area contributed by atoms with Crippen molar-refractivity contribution in [3.05, 3.63) is 81.4 Å². The number of aromatic nitrogens is 3. The van der Waals surface area contributed by atoms with Gasteiger partial charge in [-0.3, -0.25) is 71.8 Å². The SMILES string of the molecule is CCCCCCCCCCCCCCCCCC(=O)OC[C@H](COP(=O)([O-])OCCNC(=O)COCCNC(=O)CCN1C(=O)CC(C)C1=O)OC(=O)CCCCCCCCCCCCCCCCC.CSCC(=O)N[C@@H](CSOOO)C(=O)N[C@@H](CSOOO)C(=O)NCCNC(=O)CCCOc1cc(C)c(S(=O)(=O)N[C@@H](CNC(=O)c2cn(C)c3cc(CNc4ncc[nH]4)ccc3c2=O)C(=O)O)c(C)c1.[Na+]. The van der Waals surface area contributed by atoms with Gasteiger partial charge in [0, 0.05) is 139 Å². The van der Waals surface area contributed by atoms with Crippen LogP contribution in [0.5, 0.6) is 5.75 Å². The average molecular weight is 2130 g/mol. The Labute approximate surface area is 873 Å². The summed E-state index contributed by atoms with van der Waals surface area (Å²) in [6.07, 6.45) is 42.0. The number of amides is 9. The van der Waals surface area contributed by atoms with Crippen LogP contribution in [0, 0.1) is 19.8 Å². The van der Waals surface area contributed by atoms with Gasteiger partial charge in [-0.2, -0.15) is 16.5 Å². The molecule has 1 fully saturated rings. The molecule has 0 bridgehead atoms. The number of nitrogens with one attached hydrogen (secondary N) is 10. The van der Waals surface area contributed by atoms with E-state index in [9.17, 15) is 85.3 Å². The third kappa shape index (κ3) is 57.3. The number of H-pyrrole nitrogens is 1. The Balaban J connectivity index is 0.000000731. The first-order valence-electron chi connectivity index (χ1n) is 49.1. The number of aromatic amines is 1. The number of ether oxygens (including phenoxy) is 4. The summed E-state index contributed by atoms with van der Waals surface area (Å²) >= 11 is 2.17. The number of esters is 2. The largest absolute Gasteiger partial charge is 1.00 e. The van der Waals surface area contributed by atoms with E-state index in [4.69, 9.17) is 38.5 Å². The summed E-state index contributed by atoms with van der Waals surface area (Å²) in [5.41, 5.74) is 0.897. The molecule has 0 radical (unpaired) electrons. The number of aryl methyl sites for hydroxylation is 3. The van der Waals surface area contributed by atoms with Crippen molar-refractivity contribution in [1.29, 1.82) is 0 Å². The van der Waals surface area contributed by atoms with E-state index in [1.54, 1.807) is 55.4 Å². The number of sulfonamides is 1. The van der Waals surface area contributed by atoms with Gasteiger partial charge in [-0.25, -0.2) is 23.9 Å². The van der Waals surface area contributed by atoms with E-state index < -0.39 is 121 Å². The number of carboxylic acids is 1. The quantitative estimate of drug-likeness (QED) is 0.00291. The molecule has 0 aliphatic carbocycles. The number of carbonyl (C=O) groups is 12. The number of unbranched alkanes of at least 4 members (excludes halogenated alkanes) is 28. The second kappa shape index (κ2) is 77.5. The summed E-state index contributed by atoms with van der Waals surface area (Å²) in [7, 11) is -7.77. The summed E-state index contributed by atoms with van der Waals surface area (Å²) in [5, 5.41) is 54.7. The zero-order chi connectivity index (χ0) is 104. The fourth-order valence-electron chi connectivity index (χ4n) is 15.1. The third-order valence-electron chi connectivity index (χ3n) is 22.6. The van der Waals surface area contributed by atoms with Crippen molar-refractivity contribution in [2.75, 3.05) is 108 Å². The number of phosphoric ester groups is 1. The number of benzene rings is 2. The second-order valence-corrected chi connectivity index (χ2v) is 39.9. The van der Waals surface area contributed by atoms with Crippen molar-refractivity contribution in [3.63, 3.8) is 0 Å². The number of thioether (sulfide) groups is 1. The summed E-state index contributed by atoms with van der Waals surface area (Å²) in [4.78, 5) is 184. The molecule has 3 heterocycles. The molecule has 0 saturated carbocycles. The van der Waals surface area contributed by atoms with Gasteiger partial charge in [-0.1, -0.05) is 217 Å². The molecule has 1 aliphatic heterocycles. The van der Waals surface area contributed by atoms with Gasteiger partial charge in [-0.15, -0.1) is 8.67 Å². The van der Waals surface area contributed by atoms with Crippen LogP contribution in [0.2, 0.25) is 0 Å². The summed E-state index contributed by atoms with van der Waals surface area (Å²) in [6.45, 7) is 6.91. The van der Waals surface area contributed by atoms with E-state index in [0.717, 1.165) is 49.0 Å². The van der Waals surface area contributed by atoms with Crippen LogP contribution in [0.25, 0.3) is 10.9 Å². The maximum Gasteiger partial charge on any atom is 1.00 e. The van der Waals surface area contributed by atoms with E-state index in [-0.39, 0.29) is 201 Å². The molecular weight excluding hydrogens is 1970 g/mol. The number of phosphoric acid groups is 1. The molecule has 4 aromatic rings. The number of fused-ring (bicyclic) bond motifs is 1. The molecule has 43 nitrogen and oxygen atoms in total. The molecule has 1 saturated heterocycles. The van der Waals surface area contributed by atoms with Gasteiger partial charge in [0.2, 0.25) is 62.7 Å². The van der Waals surface area contributed by atoms with Crippen LogP contribution in [0.1, 0.15) is 279 Å². The van der Waals surface area contributed by atoms with Crippen molar-refractivity contribution < 1.29 is 167 Å². The smallest absolute Gasteiger partial charge is 0.756 e. The minimum Gasteiger partial charge on any atom is -0.756 e. The van der Waals surface area contributed by atoms with Crippen LogP contribution in [0.3, 0.4) is 0 Å². The van der Waals surface area contributed by atoms with Crippen molar-refractivity contribution >= 4 is 142 Å². The predicted molar refractivity (Wildman–Crippen MR) is 534 cm³/mol. The van der Waals surface area contributed by atoms with Crippen LogP contribution in [0.4, 0.5) is 5.95 Å². The van der Waals surface area contributed by atoms with Gasteiger partial charge in [0.15, 0.2) is 12.1 Å². The molecule has 9 amide bonds. The normalized spacial score (nSPS) is 13.7. The molecule has 2 aromatic heterocycles. The summed E-state index contributed by atoms with van der Waals surface area (Å²) in [6, 6.07) is 3.57. The van der Waals surface area contributed by atoms with Gasteiger partial charge in [-0.05, 0) is 80.3 Å². The average Bonchev–Trinajstić information content (AvgIpc) is 0.871. The minimum absolute atomic E-state index is 0. The number of aliphatic carboxylic acids is 1. The van der Waals surface area contributed by atoms with Gasteiger partial charge in [0.25, 0.3) is 13.7 Å². The Morgan fingerprint density at radius 1 is 0.615 bits per heavy atom. The van der Waals surface area contributed by atoms with E-state index in [0.29, 0.717) is 54.9 Å². The van der Waals surface area contributed by atoms with Crippen molar-refractivity contribution in [2.45, 2.75) is 301 Å². The first-order valence-corrected chi connectivity index (χ1v) is 55.3. The van der Waals surface area contributed by atoms with Crippen LogP contribution >= 0.6 is 43.7 Å². The standard InChI is InChI=1S/C53H98N3O13P.C41H54N10O17S4.Na/c1-4-6-8-10-12-14-16-18-20-22-24-26-28-30-32-34-51(60)66-43-47(69-52(61)35-33-31-29-27-25-23-21-19-17-15-13-11-9-7-5-2)44-68-70(63,64)67-41-38-55-49(58)45-65-40-37-54-48(57)36-39-56-50(59)42-46(3)53(56)62;1-23-14-26(64-13-5-6-33(52)42-9-10-43-38(56)30(20-70-67-65-60)49-39(57)31(21-71-68-66-61)48-34(53)22-69-4)15-24(2)36(23)72(62,63)50-29(40(58)59)18-46-37(55)28-19-51(3)32-16-25(7-8-27(32)35(28)54)17-47-41-44-11-12-45-41;/h46-47H,4-45H2,1-3H3,(H,54,57)(H,55,58)(H,63,64);7-8,11-12,14-16,19,29-31,50,60-61H,5-6,9-10,13,17-18,20-22H2,1-4H3,(H,42,52)(H,43,56)(H,46,55)(H,48,53)(H,49,57)(H,58,59)(H2,44,45,47);/q;;+1/p-1/t46?,47-;29-,30-,31-;/m10./s1. The predicted octanol–water partition coefficient (Wildman–Crippen LogP) is 8.02. The fraction of sp³-hybridized carbons (Fsp3) is 0.681. The van der Waals surface area contributed by atoms with Crippen molar-refractivity contribution in [1.82, 2.24) is 61.4 Å². The molecule has 5 rings (SSSR count). The number of hydrogen-bond donors (Lipinski definition) is 13. The van der Waals surface area contributed by atoms with Crippen LogP contribution in [-0.4, -0.2) is 241 Å². The maximum absolute atomic E-state index is 13.6. The molecule has 49 heteroatoms. The molecule has 2 aromatic carbocycles. The zero-order valence-corrected chi connectivity index (χ0v) is 90.2. The maximum atomic E-state index is 13.6. The van der Waals surface area contributed by atoms with Crippen LogP contribution in [0.15, 0.2) is 58.6 Å². The van der Waals surface area contributed by atoms with E-state index in [2.05, 4.69) is 89.8 Å². The number of imide groups is 1. The number of imidazole rings is 1. The number of rotatable bonds is 82. The first kappa shape index (κ1) is 129. The molecule has 1 aliphatic rings. The first-order chi connectivity index (χ1) is 68.3. The number of hydrogen-bond acceptors (Lipinski definition) is 34. The minimum atomic E-state index is -4.90. The number of carboxylic acid groups (broad SMARTS) is 1. The number of anilines is 1. The topological polar surface area (TPSA) is 594 Å². The molecule has 802 valence electrons. The number of likely N-dealkylation sites (tertiary alicyclic amines) is 1. The Bertz CT molecular complexity index is 4650. The Hall–Kier alpha value is -7.91. The Morgan fingerprint density at radius 3 is 1.69 bits per heavy atom. The number of nitrogens with zero attached hydrogens (tertiary/aromatic N) is 3. The number of carbonyl (C=O) groups excluding carboxylic acids is 11. The summed E-state index contributed by atoms with van der Waals surface area (Å²) in [5.74, 6) is -7.44. The van der Waals surface area contributed by atoms with Gasteiger partial charge >= 0.3 is 47.5 Å². The van der Waals surface area contributed by atoms with E-state index in [1.807, 2.05) is 0 Å². The fourth-order valence-corrected chi connectivity index (χ4v) is 18.7. The second-order valence-electron chi connectivity index (χ2n) is 34.6. The van der Waals surface area contributed by atoms with Crippen molar-refractivity contribution in [3.8, 4) is 5.75 Å². The summed E-state index contributed by atoms with van der Waals surface area (Å²) < 4.78 is 84.0. The Kier molecular flexibility index (Phi) is 70.0. The van der Waals surface area contributed by atoms with E-state index >= 15 is 0 Å². The Morgan fingerprint density at radius 2 is 1.15 bits per heavy atom. The zero-order valence-electron chi connectivity index (χ0n) is 84.1. The molecule has 0 spiro atoms. The monoisotopic (exact) mass is 2120 g/mol. The van der Waals surface area contributed by atoms with Gasteiger partial charge in [0.05, 0.1) is 54.1 Å². The van der Waals surface area contributed by atoms with Crippen molar-refractivity contribution in [2.24, 2.45) is 13.0 Å².